The molecular formula is C14H25N3O2. The lowest BCUT2D eigenvalue weighted by Crippen LogP contribution is -2.38. The largest absolute Gasteiger partial charge is 0.383 e. The lowest BCUT2D eigenvalue weighted by atomic mass is 10.4. The number of hydrogen-bond acceptors (Lipinski definition) is 4. The van der Waals surface area contributed by atoms with Gasteiger partial charge in [0.2, 0.25) is 0 Å². The van der Waals surface area contributed by atoms with Gasteiger partial charge >= 0.3 is 0 Å². The van der Waals surface area contributed by atoms with E-state index in [9.17, 15) is 0 Å². The van der Waals surface area contributed by atoms with Crippen LogP contribution in [0.4, 0.5) is 0 Å². The van der Waals surface area contributed by atoms with Crippen molar-refractivity contribution in [2.75, 3.05) is 53.1 Å². The Kier molecular flexibility index (Phi) is 6.36. The molecular weight excluding hydrogens is 242 g/mol. The van der Waals surface area contributed by atoms with Crippen molar-refractivity contribution in [3.05, 3.63) is 24.0 Å². The minimum absolute atomic E-state index is 0.758. The van der Waals surface area contributed by atoms with Gasteiger partial charge in [0, 0.05) is 58.3 Å². The molecule has 0 aromatic carbocycles. The van der Waals surface area contributed by atoms with Crippen LogP contribution in [0.25, 0.3) is 0 Å². The minimum atomic E-state index is 0.758. The van der Waals surface area contributed by atoms with Gasteiger partial charge < -0.3 is 19.4 Å². The molecule has 1 aliphatic heterocycles. The second-order valence-corrected chi connectivity index (χ2v) is 4.82. The van der Waals surface area contributed by atoms with Crippen molar-refractivity contribution >= 4 is 0 Å². The summed E-state index contributed by atoms with van der Waals surface area (Å²) in [4.78, 5) is 2.46. The molecule has 2 rings (SSSR count). The number of nitrogens with one attached hydrogen (secondary N) is 1. The first kappa shape index (κ1) is 14.5. The second kappa shape index (κ2) is 8.32. The highest BCUT2D eigenvalue weighted by Crippen LogP contribution is 2.04. The molecule has 0 spiro atoms. The molecule has 1 aliphatic rings. The summed E-state index contributed by atoms with van der Waals surface area (Å²) in [6, 6.07) is 4.30. The summed E-state index contributed by atoms with van der Waals surface area (Å²) in [7, 11) is 1.73. The molecule has 1 saturated heterocycles. The van der Waals surface area contributed by atoms with Crippen LogP contribution in [-0.2, 0) is 22.6 Å². The van der Waals surface area contributed by atoms with Gasteiger partial charge in [-0.05, 0) is 12.1 Å². The topological polar surface area (TPSA) is 38.7 Å². The number of morpholine rings is 1. The maximum absolute atomic E-state index is 5.37. The van der Waals surface area contributed by atoms with E-state index in [0.29, 0.717) is 0 Å². The molecule has 2 heterocycles. The standard InChI is InChI=1S/C14H25N3O2/c1-18-10-4-15-13-14-3-2-5-17(14)7-6-16-8-11-19-12-9-16/h2-3,5,15H,4,6-13H2,1H3. The zero-order valence-electron chi connectivity index (χ0n) is 11.8. The molecule has 5 heteroatoms. The Morgan fingerprint density at radius 1 is 1.32 bits per heavy atom. The molecule has 1 fully saturated rings. The molecule has 0 bridgehead atoms. The summed E-state index contributed by atoms with van der Waals surface area (Å²) in [5, 5.41) is 3.39. The average molecular weight is 267 g/mol. The predicted molar refractivity (Wildman–Crippen MR) is 75.3 cm³/mol. The molecule has 1 aromatic rings. The lowest BCUT2D eigenvalue weighted by molar-refractivity contribution is 0.0363. The van der Waals surface area contributed by atoms with Gasteiger partial charge in [-0.3, -0.25) is 4.90 Å². The van der Waals surface area contributed by atoms with Gasteiger partial charge in [0.05, 0.1) is 19.8 Å². The monoisotopic (exact) mass is 267 g/mol. The van der Waals surface area contributed by atoms with Gasteiger partial charge in [0.25, 0.3) is 0 Å². The fourth-order valence-electron chi connectivity index (χ4n) is 2.29. The van der Waals surface area contributed by atoms with Crippen LogP contribution in [0.1, 0.15) is 5.69 Å². The molecule has 0 unspecified atom stereocenters. The van der Waals surface area contributed by atoms with Crippen molar-refractivity contribution in [1.29, 1.82) is 0 Å². The van der Waals surface area contributed by atoms with E-state index in [1.807, 2.05) is 0 Å². The fourth-order valence-corrected chi connectivity index (χ4v) is 2.29. The van der Waals surface area contributed by atoms with E-state index < -0.39 is 0 Å². The molecule has 0 aliphatic carbocycles. The van der Waals surface area contributed by atoms with Crippen LogP contribution in [-0.4, -0.2) is 62.6 Å². The summed E-state index contributed by atoms with van der Waals surface area (Å²) in [6.45, 7) is 8.57. The molecule has 0 amide bonds. The van der Waals surface area contributed by atoms with Crippen LogP contribution in [0.5, 0.6) is 0 Å². The Balaban J connectivity index is 1.72. The molecule has 0 saturated carbocycles. The molecule has 0 radical (unpaired) electrons. The van der Waals surface area contributed by atoms with Gasteiger partial charge in [0.1, 0.15) is 0 Å². The Bertz CT molecular complexity index is 348. The maximum atomic E-state index is 5.37. The number of hydrogen-bond donors (Lipinski definition) is 1. The van der Waals surface area contributed by atoms with Gasteiger partial charge in [-0.25, -0.2) is 0 Å². The van der Waals surface area contributed by atoms with Crippen molar-refractivity contribution in [2.24, 2.45) is 0 Å². The van der Waals surface area contributed by atoms with E-state index in [1.165, 1.54) is 5.69 Å². The van der Waals surface area contributed by atoms with E-state index in [2.05, 4.69) is 33.1 Å². The van der Waals surface area contributed by atoms with Crippen LogP contribution in [0.3, 0.4) is 0 Å². The third kappa shape index (κ3) is 4.95. The number of aromatic nitrogens is 1. The van der Waals surface area contributed by atoms with E-state index in [4.69, 9.17) is 9.47 Å². The van der Waals surface area contributed by atoms with Crippen LogP contribution >= 0.6 is 0 Å². The SMILES string of the molecule is COCCNCc1cccn1CCN1CCOCC1. The Labute approximate surface area is 115 Å². The first-order valence-corrected chi connectivity index (χ1v) is 7.04. The number of nitrogens with zero attached hydrogens (tertiary/aromatic N) is 2. The van der Waals surface area contributed by atoms with Gasteiger partial charge in [0.15, 0.2) is 0 Å². The summed E-state index contributed by atoms with van der Waals surface area (Å²) in [6.07, 6.45) is 2.16. The maximum Gasteiger partial charge on any atom is 0.0594 e. The molecule has 5 nitrogen and oxygen atoms in total. The zero-order chi connectivity index (χ0) is 13.3. The minimum Gasteiger partial charge on any atom is -0.383 e. The molecule has 108 valence electrons. The third-order valence-electron chi connectivity index (χ3n) is 3.47. The highest BCUT2D eigenvalue weighted by Gasteiger charge is 2.10. The quantitative estimate of drug-likeness (QED) is 0.699. The smallest absolute Gasteiger partial charge is 0.0594 e. The third-order valence-corrected chi connectivity index (χ3v) is 3.47. The highest BCUT2D eigenvalue weighted by molar-refractivity contribution is 5.06. The zero-order valence-corrected chi connectivity index (χ0v) is 11.8. The van der Waals surface area contributed by atoms with Crippen LogP contribution in [0.2, 0.25) is 0 Å². The Morgan fingerprint density at radius 2 is 2.16 bits per heavy atom. The van der Waals surface area contributed by atoms with Crippen LogP contribution < -0.4 is 5.32 Å². The number of methoxy groups -OCH3 is 1. The molecule has 1 N–H and O–H groups in total. The van der Waals surface area contributed by atoms with Gasteiger partial charge in [-0.15, -0.1) is 0 Å². The van der Waals surface area contributed by atoms with E-state index >= 15 is 0 Å². The van der Waals surface area contributed by atoms with Gasteiger partial charge in [-0.2, -0.15) is 0 Å². The van der Waals surface area contributed by atoms with E-state index in [1.54, 1.807) is 7.11 Å². The van der Waals surface area contributed by atoms with E-state index in [-0.39, 0.29) is 0 Å². The molecule has 1 aromatic heterocycles. The highest BCUT2D eigenvalue weighted by atomic mass is 16.5. The summed E-state index contributed by atoms with van der Waals surface area (Å²) >= 11 is 0. The second-order valence-electron chi connectivity index (χ2n) is 4.82. The number of ether oxygens (including phenoxy) is 2. The molecule has 19 heavy (non-hydrogen) atoms. The van der Waals surface area contributed by atoms with Crippen LogP contribution in [0, 0.1) is 0 Å². The lowest BCUT2D eigenvalue weighted by Gasteiger charge is -2.27. The van der Waals surface area contributed by atoms with Crippen molar-refractivity contribution in [2.45, 2.75) is 13.1 Å². The van der Waals surface area contributed by atoms with Crippen molar-refractivity contribution < 1.29 is 9.47 Å². The summed E-state index contributed by atoms with van der Waals surface area (Å²) in [5.41, 5.74) is 1.34. The van der Waals surface area contributed by atoms with E-state index in [0.717, 1.165) is 59.1 Å². The number of rotatable bonds is 8. The normalized spacial score (nSPS) is 16.9. The summed E-state index contributed by atoms with van der Waals surface area (Å²) < 4.78 is 12.7. The Morgan fingerprint density at radius 3 is 2.95 bits per heavy atom. The average Bonchev–Trinajstić information content (AvgIpc) is 2.90. The first-order chi connectivity index (χ1) is 9.40. The molecule has 0 atom stereocenters. The summed E-state index contributed by atoms with van der Waals surface area (Å²) in [5.74, 6) is 0. The van der Waals surface area contributed by atoms with Crippen molar-refractivity contribution in [3.8, 4) is 0 Å². The predicted octanol–water partition coefficient (Wildman–Crippen LogP) is 0.556. The fraction of sp³-hybridized carbons (Fsp3) is 0.714. The first-order valence-electron chi connectivity index (χ1n) is 7.04. The van der Waals surface area contributed by atoms with Crippen molar-refractivity contribution in [1.82, 2.24) is 14.8 Å². The Hall–Kier alpha value is -0.880. The van der Waals surface area contributed by atoms with Crippen LogP contribution in [0.15, 0.2) is 18.3 Å². The van der Waals surface area contributed by atoms with Crippen molar-refractivity contribution in [3.63, 3.8) is 0 Å². The van der Waals surface area contributed by atoms with Gasteiger partial charge in [-0.1, -0.05) is 0 Å².